The molecular weight excluding hydrogens is 332 g/mol. The van der Waals surface area contributed by atoms with Crippen molar-refractivity contribution in [1.82, 2.24) is 5.43 Å². The fraction of sp³-hybridized carbons (Fsp3) is 0.200. The van der Waals surface area contributed by atoms with E-state index in [1.807, 2.05) is 29.7 Å². The van der Waals surface area contributed by atoms with Gasteiger partial charge in [0, 0.05) is 6.07 Å². The first kappa shape index (κ1) is 17.7. The first-order chi connectivity index (χ1) is 12.5. The number of nitrogens with one attached hydrogen (secondary N) is 1. The third-order valence-corrected chi connectivity index (χ3v) is 4.07. The maximum absolute atomic E-state index is 12.5. The lowest BCUT2D eigenvalue weighted by molar-refractivity contribution is -0.123. The minimum Gasteiger partial charge on any atom is -0.484 e. The van der Waals surface area contributed by atoms with Crippen LogP contribution in [0.3, 0.4) is 0 Å². The largest absolute Gasteiger partial charge is 0.484 e. The van der Waals surface area contributed by atoms with Crippen molar-refractivity contribution in [3.63, 3.8) is 0 Å². The van der Waals surface area contributed by atoms with Gasteiger partial charge in [0.1, 0.15) is 11.5 Å². The highest BCUT2D eigenvalue weighted by Crippen LogP contribution is 2.35. The lowest BCUT2D eigenvalue weighted by Gasteiger charge is -2.06. The van der Waals surface area contributed by atoms with E-state index in [1.165, 1.54) is 5.56 Å². The summed E-state index contributed by atoms with van der Waals surface area (Å²) in [5.74, 6) is 5.91. The van der Waals surface area contributed by atoms with Gasteiger partial charge in [-0.2, -0.15) is 0 Å². The predicted octanol–water partition coefficient (Wildman–Crippen LogP) is 2.79. The second kappa shape index (κ2) is 7.41. The molecule has 1 heterocycles. The number of nitrogens with two attached hydrogens (primary N) is 1. The monoisotopic (exact) mass is 352 g/mol. The Morgan fingerprint density at radius 1 is 1.23 bits per heavy atom. The molecule has 0 saturated heterocycles. The van der Waals surface area contributed by atoms with Crippen LogP contribution in [-0.4, -0.2) is 18.3 Å². The molecule has 0 radical (unpaired) electrons. The fourth-order valence-corrected chi connectivity index (χ4v) is 2.58. The lowest BCUT2D eigenvalue weighted by atomic mass is 10.0. The lowest BCUT2D eigenvalue weighted by Crippen LogP contribution is -2.34. The molecule has 3 rings (SSSR count). The van der Waals surface area contributed by atoms with Crippen molar-refractivity contribution in [2.45, 2.75) is 19.8 Å². The number of rotatable bonds is 5. The molecular formula is C20H20N2O4. The maximum Gasteiger partial charge on any atom is 0.271 e. The first-order valence-corrected chi connectivity index (χ1v) is 8.28. The minimum atomic E-state index is -0.451. The fourth-order valence-electron chi connectivity index (χ4n) is 2.58. The Bertz CT molecular complexity index is 870. The van der Waals surface area contributed by atoms with E-state index in [-0.39, 0.29) is 18.1 Å². The molecule has 0 unspecified atom stereocenters. The molecule has 1 amide bonds. The molecule has 0 atom stereocenters. The van der Waals surface area contributed by atoms with Crippen LogP contribution < -0.4 is 20.7 Å². The summed E-state index contributed by atoms with van der Waals surface area (Å²) < 4.78 is 11.0. The smallest absolute Gasteiger partial charge is 0.271 e. The summed E-state index contributed by atoms with van der Waals surface area (Å²) in [5.41, 5.74) is 4.57. The Kier molecular flexibility index (Phi) is 5.04. The number of carbonyl (C=O) groups excluding carboxylic acids is 2. The van der Waals surface area contributed by atoms with Gasteiger partial charge in [0.15, 0.2) is 12.4 Å². The van der Waals surface area contributed by atoms with E-state index in [1.54, 1.807) is 24.3 Å². The van der Waals surface area contributed by atoms with Crippen LogP contribution >= 0.6 is 0 Å². The quantitative estimate of drug-likeness (QED) is 0.374. The number of Topliss-reactive ketones (excluding diaryl/α,β-unsaturated/α-hetero) is 1. The van der Waals surface area contributed by atoms with E-state index in [0.29, 0.717) is 23.0 Å². The Morgan fingerprint density at radius 3 is 2.62 bits per heavy atom. The van der Waals surface area contributed by atoms with E-state index in [2.05, 4.69) is 13.8 Å². The number of allylic oxidation sites excluding steroid dienone is 1. The number of benzene rings is 2. The number of carbonyl (C=O) groups is 2. The number of hydrazine groups is 1. The summed E-state index contributed by atoms with van der Waals surface area (Å²) in [6.45, 7) is 4.04. The molecule has 2 aromatic rings. The molecule has 0 saturated carbocycles. The Hall–Kier alpha value is -3.12. The van der Waals surface area contributed by atoms with Gasteiger partial charge in [-0.1, -0.05) is 38.1 Å². The van der Waals surface area contributed by atoms with Crippen molar-refractivity contribution in [2.24, 2.45) is 5.84 Å². The van der Waals surface area contributed by atoms with E-state index >= 15 is 0 Å². The molecule has 6 nitrogen and oxygen atoms in total. The number of fused-ring (bicyclic) bond motifs is 1. The van der Waals surface area contributed by atoms with Crippen molar-refractivity contribution in [2.75, 3.05) is 6.61 Å². The summed E-state index contributed by atoms with van der Waals surface area (Å²) in [7, 11) is 0. The predicted molar refractivity (Wildman–Crippen MR) is 97.7 cm³/mol. The van der Waals surface area contributed by atoms with Crippen LogP contribution in [0.2, 0.25) is 0 Å². The van der Waals surface area contributed by atoms with Crippen LogP contribution in [-0.2, 0) is 4.79 Å². The Labute approximate surface area is 151 Å². The van der Waals surface area contributed by atoms with Gasteiger partial charge in [0.25, 0.3) is 5.91 Å². The number of amides is 1. The van der Waals surface area contributed by atoms with Gasteiger partial charge < -0.3 is 9.47 Å². The van der Waals surface area contributed by atoms with E-state index in [9.17, 15) is 9.59 Å². The van der Waals surface area contributed by atoms with E-state index in [4.69, 9.17) is 15.3 Å². The molecule has 1 aliphatic heterocycles. The standard InChI is InChI=1S/C20H20N2O4/c1-12(2)14-5-3-13(4-6-14)9-18-20(24)16-8-7-15(10-17(16)26-18)25-11-19(23)22-21/h3-10,12H,11,21H2,1-2H3,(H,22,23). The molecule has 0 bridgehead atoms. The molecule has 6 heteroatoms. The summed E-state index contributed by atoms with van der Waals surface area (Å²) in [5, 5.41) is 0. The second-order valence-electron chi connectivity index (χ2n) is 6.28. The van der Waals surface area contributed by atoms with Crippen molar-refractivity contribution in [1.29, 1.82) is 0 Å². The zero-order chi connectivity index (χ0) is 18.7. The molecule has 1 aliphatic rings. The number of hydrogen-bond acceptors (Lipinski definition) is 5. The minimum absolute atomic E-state index is 0.181. The molecule has 134 valence electrons. The summed E-state index contributed by atoms with van der Waals surface area (Å²) >= 11 is 0. The molecule has 3 N–H and O–H groups in total. The van der Waals surface area contributed by atoms with Gasteiger partial charge in [0.2, 0.25) is 5.78 Å². The molecule has 0 fully saturated rings. The topological polar surface area (TPSA) is 90.7 Å². The third kappa shape index (κ3) is 3.75. The number of ether oxygens (including phenoxy) is 2. The van der Waals surface area contributed by atoms with Crippen LogP contribution in [0.5, 0.6) is 11.5 Å². The van der Waals surface area contributed by atoms with Crippen molar-refractivity contribution in [3.05, 3.63) is 64.9 Å². The van der Waals surface area contributed by atoms with Gasteiger partial charge in [-0.3, -0.25) is 15.0 Å². The molecule has 0 aliphatic carbocycles. The highest BCUT2D eigenvalue weighted by atomic mass is 16.5. The van der Waals surface area contributed by atoms with Gasteiger partial charge in [0.05, 0.1) is 5.56 Å². The zero-order valence-corrected chi connectivity index (χ0v) is 14.6. The highest BCUT2D eigenvalue weighted by molar-refractivity contribution is 6.14. The first-order valence-electron chi connectivity index (χ1n) is 8.28. The Balaban J connectivity index is 1.77. The summed E-state index contributed by atoms with van der Waals surface area (Å²) in [6.07, 6.45) is 1.72. The SMILES string of the molecule is CC(C)c1ccc(C=C2Oc3cc(OCC(=O)NN)ccc3C2=O)cc1. The van der Waals surface area contributed by atoms with E-state index in [0.717, 1.165) is 5.56 Å². The van der Waals surface area contributed by atoms with Crippen molar-refractivity contribution in [3.8, 4) is 11.5 Å². The third-order valence-electron chi connectivity index (χ3n) is 4.07. The summed E-state index contributed by atoms with van der Waals surface area (Å²) in [4.78, 5) is 23.6. The molecule has 0 spiro atoms. The van der Waals surface area contributed by atoms with Gasteiger partial charge in [-0.25, -0.2) is 5.84 Å². The molecule has 2 aromatic carbocycles. The number of ketones is 1. The average Bonchev–Trinajstić information content (AvgIpc) is 2.95. The average molecular weight is 352 g/mol. The van der Waals surface area contributed by atoms with Crippen molar-refractivity contribution >= 4 is 17.8 Å². The van der Waals surface area contributed by atoms with Crippen LogP contribution in [0.25, 0.3) is 6.08 Å². The Morgan fingerprint density at radius 2 is 1.96 bits per heavy atom. The van der Waals surface area contributed by atoms with E-state index < -0.39 is 5.91 Å². The maximum atomic E-state index is 12.5. The van der Waals surface area contributed by atoms with Gasteiger partial charge in [-0.15, -0.1) is 0 Å². The van der Waals surface area contributed by atoms with Crippen LogP contribution in [0.15, 0.2) is 48.2 Å². The zero-order valence-electron chi connectivity index (χ0n) is 14.6. The molecule has 26 heavy (non-hydrogen) atoms. The normalized spacial score (nSPS) is 14.3. The second-order valence-corrected chi connectivity index (χ2v) is 6.28. The van der Waals surface area contributed by atoms with Crippen LogP contribution in [0.1, 0.15) is 41.3 Å². The van der Waals surface area contributed by atoms with Gasteiger partial charge >= 0.3 is 0 Å². The highest BCUT2D eigenvalue weighted by Gasteiger charge is 2.27. The van der Waals surface area contributed by atoms with Crippen molar-refractivity contribution < 1.29 is 19.1 Å². The van der Waals surface area contributed by atoms with Crippen LogP contribution in [0.4, 0.5) is 0 Å². The van der Waals surface area contributed by atoms with Gasteiger partial charge in [-0.05, 0) is 35.3 Å². The molecule has 0 aromatic heterocycles. The summed E-state index contributed by atoms with van der Waals surface area (Å²) in [6, 6.07) is 12.8. The number of hydrogen-bond donors (Lipinski definition) is 2. The van der Waals surface area contributed by atoms with Crippen LogP contribution in [0, 0.1) is 0 Å².